The summed E-state index contributed by atoms with van der Waals surface area (Å²) in [6.45, 7) is 3.70. The van der Waals surface area contributed by atoms with Crippen LogP contribution >= 0.6 is 0 Å². The molecule has 2 saturated heterocycles. The highest BCUT2D eigenvalue weighted by molar-refractivity contribution is 5.95. The molecule has 4 rings (SSSR count). The fraction of sp³-hybridized carbons (Fsp3) is 0.381. The van der Waals surface area contributed by atoms with Crippen LogP contribution in [0.2, 0.25) is 0 Å². The first-order valence-corrected chi connectivity index (χ1v) is 9.27. The SMILES string of the molecule is O=C(c1cccc(-c2cccc(F)c2)c1)N1C[C@H](O)[C@@H](N2CCOCC2)C1. The van der Waals surface area contributed by atoms with Gasteiger partial charge in [0.15, 0.2) is 0 Å². The number of hydrogen-bond acceptors (Lipinski definition) is 4. The maximum absolute atomic E-state index is 13.5. The Morgan fingerprint density at radius 3 is 2.48 bits per heavy atom. The molecule has 0 aliphatic carbocycles. The van der Waals surface area contributed by atoms with Crippen molar-refractivity contribution in [2.24, 2.45) is 0 Å². The number of aliphatic hydroxyl groups is 1. The van der Waals surface area contributed by atoms with Gasteiger partial charge in [-0.2, -0.15) is 0 Å². The highest BCUT2D eigenvalue weighted by Gasteiger charge is 2.38. The van der Waals surface area contributed by atoms with Gasteiger partial charge >= 0.3 is 0 Å². The Kier molecular flexibility index (Phi) is 5.20. The van der Waals surface area contributed by atoms with Crippen LogP contribution in [-0.4, -0.2) is 72.4 Å². The van der Waals surface area contributed by atoms with Crippen molar-refractivity contribution in [2.75, 3.05) is 39.4 Å². The monoisotopic (exact) mass is 370 g/mol. The summed E-state index contributed by atoms with van der Waals surface area (Å²) >= 11 is 0. The summed E-state index contributed by atoms with van der Waals surface area (Å²) in [4.78, 5) is 16.9. The quantitative estimate of drug-likeness (QED) is 0.898. The fourth-order valence-corrected chi connectivity index (χ4v) is 3.89. The third kappa shape index (κ3) is 3.88. The molecular weight excluding hydrogens is 347 g/mol. The van der Waals surface area contributed by atoms with E-state index in [-0.39, 0.29) is 17.8 Å². The molecule has 0 bridgehead atoms. The van der Waals surface area contributed by atoms with Crippen LogP contribution in [0.3, 0.4) is 0 Å². The lowest BCUT2D eigenvalue weighted by Gasteiger charge is -2.33. The number of amides is 1. The lowest BCUT2D eigenvalue weighted by molar-refractivity contribution is -0.00611. The number of rotatable bonds is 3. The number of likely N-dealkylation sites (tertiary alicyclic amines) is 1. The number of halogens is 1. The predicted octanol–water partition coefficient (Wildman–Crippen LogP) is 2.01. The third-order valence-corrected chi connectivity index (χ3v) is 5.33. The van der Waals surface area contributed by atoms with Crippen LogP contribution in [0.5, 0.6) is 0 Å². The third-order valence-electron chi connectivity index (χ3n) is 5.33. The van der Waals surface area contributed by atoms with Gasteiger partial charge in [-0.3, -0.25) is 9.69 Å². The zero-order chi connectivity index (χ0) is 18.8. The number of aliphatic hydroxyl groups excluding tert-OH is 1. The second kappa shape index (κ2) is 7.76. The molecule has 0 radical (unpaired) electrons. The van der Waals surface area contributed by atoms with Crippen LogP contribution in [0.1, 0.15) is 10.4 Å². The number of carbonyl (C=O) groups excluding carboxylic acids is 1. The first-order chi connectivity index (χ1) is 13.1. The van der Waals surface area contributed by atoms with E-state index >= 15 is 0 Å². The second-order valence-electron chi connectivity index (χ2n) is 7.08. The molecule has 2 fully saturated rings. The lowest BCUT2D eigenvalue weighted by Crippen LogP contribution is -2.49. The smallest absolute Gasteiger partial charge is 0.254 e. The Hall–Kier alpha value is -2.28. The highest BCUT2D eigenvalue weighted by atomic mass is 19.1. The van der Waals surface area contributed by atoms with Crippen molar-refractivity contribution in [3.63, 3.8) is 0 Å². The van der Waals surface area contributed by atoms with E-state index in [1.165, 1.54) is 12.1 Å². The van der Waals surface area contributed by atoms with Crippen LogP contribution in [0.15, 0.2) is 48.5 Å². The highest BCUT2D eigenvalue weighted by Crippen LogP contribution is 2.24. The number of nitrogens with zero attached hydrogens (tertiary/aromatic N) is 2. The maximum atomic E-state index is 13.5. The number of benzene rings is 2. The molecule has 1 amide bonds. The van der Waals surface area contributed by atoms with Gasteiger partial charge in [0.2, 0.25) is 0 Å². The molecule has 142 valence electrons. The number of carbonyl (C=O) groups is 1. The molecule has 5 nitrogen and oxygen atoms in total. The summed E-state index contributed by atoms with van der Waals surface area (Å²) in [5.41, 5.74) is 2.08. The molecule has 2 aromatic carbocycles. The zero-order valence-electron chi connectivity index (χ0n) is 15.1. The van der Waals surface area contributed by atoms with Crippen molar-refractivity contribution in [1.82, 2.24) is 9.80 Å². The van der Waals surface area contributed by atoms with Gasteiger partial charge in [0, 0.05) is 31.7 Å². The van der Waals surface area contributed by atoms with E-state index in [1.54, 1.807) is 29.2 Å². The molecule has 0 saturated carbocycles. The van der Waals surface area contributed by atoms with Gasteiger partial charge in [-0.05, 0) is 35.4 Å². The largest absolute Gasteiger partial charge is 0.390 e. The molecule has 27 heavy (non-hydrogen) atoms. The van der Waals surface area contributed by atoms with Crippen molar-refractivity contribution in [2.45, 2.75) is 12.1 Å². The van der Waals surface area contributed by atoms with Crippen LogP contribution in [0.4, 0.5) is 4.39 Å². The topological polar surface area (TPSA) is 53.0 Å². The van der Waals surface area contributed by atoms with Crippen LogP contribution in [0, 0.1) is 5.82 Å². The maximum Gasteiger partial charge on any atom is 0.254 e. The minimum Gasteiger partial charge on any atom is -0.390 e. The van der Waals surface area contributed by atoms with Gasteiger partial charge in [-0.1, -0.05) is 24.3 Å². The molecule has 2 aromatic rings. The molecule has 0 spiro atoms. The zero-order valence-corrected chi connectivity index (χ0v) is 15.1. The minimum absolute atomic E-state index is 0.0516. The summed E-state index contributed by atoms with van der Waals surface area (Å²) in [6, 6.07) is 13.5. The van der Waals surface area contributed by atoms with Crippen molar-refractivity contribution in [1.29, 1.82) is 0 Å². The summed E-state index contributed by atoms with van der Waals surface area (Å²) in [7, 11) is 0. The van der Waals surface area contributed by atoms with E-state index in [2.05, 4.69) is 4.90 Å². The molecule has 6 heteroatoms. The summed E-state index contributed by atoms with van der Waals surface area (Å²) in [6.07, 6.45) is -0.557. The number of ether oxygens (including phenoxy) is 1. The Labute approximate surface area is 158 Å². The van der Waals surface area contributed by atoms with Crippen molar-refractivity contribution >= 4 is 5.91 Å². The Bertz CT molecular complexity index is 823. The average Bonchev–Trinajstić information content (AvgIpc) is 3.10. The first-order valence-electron chi connectivity index (χ1n) is 9.27. The summed E-state index contributed by atoms with van der Waals surface area (Å²) in [5.74, 6) is -0.414. The fourth-order valence-electron chi connectivity index (χ4n) is 3.89. The Balaban J connectivity index is 1.50. The molecule has 0 aromatic heterocycles. The normalized spacial score (nSPS) is 23.6. The van der Waals surface area contributed by atoms with E-state index in [1.807, 2.05) is 12.1 Å². The minimum atomic E-state index is -0.557. The van der Waals surface area contributed by atoms with E-state index in [0.29, 0.717) is 31.9 Å². The predicted molar refractivity (Wildman–Crippen MR) is 99.9 cm³/mol. The van der Waals surface area contributed by atoms with Crippen LogP contribution < -0.4 is 0 Å². The summed E-state index contributed by atoms with van der Waals surface area (Å²) < 4.78 is 18.9. The van der Waals surface area contributed by atoms with Gasteiger partial charge in [-0.25, -0.2) is 4.39 Å². The lowest BCUT2D eigenvalue weighted by atomic mass is 10.0. The molecule has 0 unspecified atom stereocenters. The van der Waals surface area contributed by atoms with Gasteiger partial charge in [0.1, 0.15) is 5.82 Å². The average molecular weight is 370 g/mol. The molecule has 2 aliphatic rings. The van der Waals surface area contributed by atoms with E-state index in [0.717, 1.165) is 24.2 Å². The Morgan fingerprint density at radius 2 is 1.74 bits per heavy atom. The number of hydrogen-bond donors (Lipinski definition) is 1. The van der Waals surface area contributed by atoms with Crippen LogP contribution in [-0.2, 0) is 4.74 Å². The molecule has 2 heterocycles. The van der Waals surface area contributed by atoms with E-state index in [4.69, 9.17) is 4.74 Å². The number of morpholine rings is 1. The van der Waals surface area contributed by atoms with Crippen molar-refractivity contribution < 1.29 is 19.0 Å². The molecule has 1 N–H and O–H groups in total. The molecular formula is C21H23FN2O3. The van der Waals surface area contributed by atoms with E-state index < -0.39 is 6.10 Å². The molecule has 2 aliphatic heterocycles. The van der Waals surface area contributed by atoms with E-state index in [9.17, 15) is 14.3 Å². The first kappa shape index (κ1) is 18.1. The summed E-state index contributed by atoms with van der Waals surface area (Å²) in [5, 5.41) is 10.5. The molecule has 2 atom stereocenters. The second-order valence-corrected chi connectivity index (χ2v) is 7.08. The van der Waals surface area contributed by atoms with Gasteiger partial charge in [-0.15, -0.1) is 0 Å². The van der Waals surface area contributed by atoms with Gasteiger partial charge in [0.25, 0.3) is 5.91 Å². The standard InChI is InChI=1S/C21H23FN2O3/c22-18-6-2-4-16(12-18)15-3-1-5-17(11-15)21(26)24-13-19(20(25)14-24)23-7-9-27-10-8-23/h1-6,11-12,19-20,25H,7-10,13-14H2/t19-,20-/m0/s1. The van der Waals surface area contributed by atoms with Crippen molar-refractivity contribution in [3.05, 3.63) is 59.9 Å². The number of β-amino-alcohol motifs (C(OH)–C–C–N with tert-alkyl or cyclic N) is 1. The van der Waals surface area contributed by atoms with Gasteiger partial charge < -0.3 is 14.7 Å². The Morgan fingerprint density at radius 1 is 1.04 bits per heavy atom. The van der Waals surface area contributed by atoms with Crippen LogP contribution in [0.25, 0.3) is 11.1 Å². The van der Waals surface area contributed by atoms with Gasteiger partial charge in [0.05, 0.1) is 25.4 Å². The van der Waals surface area contributed by atoms with Crippen molar-refractivity contribution in [3.8, 4) is 11.1 Å².